The molecule has 0 aromatic heterocycles. The minimum absolute atomic E-state index is 0.152. The van der Waals surface area contributed by atoms with Crippen molar-refractivity contribution in [2.45, 2.75) is 70.6 Å². The summed E-state index contributed by atoms with van der Waals surface area (Å²) < 4.78 is 11.9. The molecule has 0 aromatic carbocycles. The van der Waals surface area contributed by atoms with Crippen LogP contribution in [-0.2, 0) is 19.2 Å². The van der Waals surface area contributed by atoms with E-state index in [4.69, 9.17) is 19.2 Å². The van der Waals surface area contributed by atoms with Gasteiger partial charge in [0, 0.05) is 19.1 Å². The van der Waals surface area contributed by atoms with E-state index in [1.807, 2.05) is 6.92 Å². The van der Waals surface area contributed by atoms with Crippen molar-refractivity contribution in [1.29, 1.82) is 0 Å². The van der Waals surface area contributed by atoms with Crippen molar-refractivity contribution in [2.75, 3.05) is 13.7 Å². The SMILES string of the molecule is CO[C@H]1O[C@]2(C)OO[C@]13[C@H](CCO)CCC[C@@H]3CC2(C)C. The predicted molar refractivity (Wildman–Crippen MR) is 76.1 cm³/mol. The number of aliphatic hydroxyl groups excluding tert-OH is 1. The Morgan fingerprint density at radius 1 is 1.19 bits per heavy atom. The molecule has 1 spiro atoms. The van der Waals surface area contributed by atoms with Crippen molar-refractivity contribution < 1.29 is 24.4 Å². The number of hydrogen-bond donors (Lipinski definition) is 1. The van der Waals surface area contributed by atoms with Gasteiger partial charge >= 0.3 is 0 Å². The summed E-state index contributed by atoms with van der Waals surface area (Å²) >= 11 is 0. The Bertz CT molecular complexity index is 396. The van der Waals surface area contributed by atoms with E-state index in [0.717, 1.165) is 25.7 Å². The van der Waals surface area contributed by atoms with Crippen LogP contribution in [-0.4, -0.2) is 36.5 Å². The van der Waals surface area contributed by atoms with Crippen LogP contribution in [0.15, 0.2) is 0 Å². The molecule has 21 heavy (non-hydrogen) atoms. The topological polar surface area (TPSA) is 57.2 Å². The average Bonchev–Trinajstić information content (AvgIpc) is 2.57. The zero-order valence-corrected chi connectivity index (χ0v) is 13.6. The molecule has 1 N–H and O–H groups in total. The first-order valence-corrected chi connectivity index (χ1v) is 8.08. The third-order valence-electron chi connectivity index (χ3n) is 6.10. The van der Waals surface area contributed by atoms with E-state index in [0.29, 0.717) is 12.3 Å². The van der Waals surface area contributed by atoms with Crippen LogP contribution in [0.1, 0.15) is 52.9 Å². The van der Waals surface area contributed by atoms with E-state index < -0.39 is 17.7 Å². The molecule has 4 rings (SSSR count). The fraction of sp³-hybridized carbons (Fsp3) is 1.00. The van der Waals surface area contributed by atoms with E-state index >= 15 is 0 Å². The summed E-state index contributed by atoms with van der Waals surface area (Å²) in [6.07, 6.45) is 4.49. The van der Waals surface area contributed by atoms with Crippen molar-refractivity contribution in [3.63, 3.8) is 0 Å². The van der Waals surface area contributed by atoms with E-state index in [1.165, 1.54) is 0 Å². The molecule has 1 saturated carbocycles. The van der Waals surface area contributed by atoms with E-state index in [2.05, 4.69) is 13.8 Å². The summed E-state index contributed by atoms with van der Waals surface area (Å²) in [5.41, 5.74) is -0.753. The van der Waals surface area contributed by atoms with Crippen molar-refractivity contribution in [3.05, 3.63) is 0 Å². The number of aliphatic hydroxyl groups is 1. The third kappa shape index (κ3) is 2.09. The van der Waals surface area contributed by atoms with Gasteiger partial charge in [-0.25, -0.2) is 4.89 Å². The van der Waals surface area contributed by atoms with Gasteiger partial charge in [-0.05, 0) is 44.4 Å². The fourth-order valence-corrected chi connectivity index (χ4v) is 4.52. The van der Waals surface area contributed by atoms with Gasteiger partial charge < -0.3 is 14.6 Å². The van der Waals surface area contributed by atoms with Crippen molar-refractivity contribution in [2.24, 2.45) is 17.3 Å². The third-order valence-corrected chi connectivity index (χ3v) is 6.10. The van der Waals surface area contributed by atoms with E-state index in [9.17, 15) is 5.11 Å². The maximum absolute atomic E-state index is 9.44. The molecule has 122 valence electrons. The molecule has 4 aliphatic rings. The van der Waals surface area contributed by atoms with Crippen molar-refractivity contribution in [3.8, 4) is 0 Å². The first kappa shape index (κ1) is 15.7. The highest BCUT2D eigenvalue weighted by Crippen LogP contribution is 2.60. The summed E-state index contributed by atoms with van der Waals surface area (Å²) in [5.74, 6) is -0.281. The molecule has 2 bridgehead atoms. The summed E-state index contributed by atoms with van der Waals surface area (Å²) in [6.45, 7) is 6.42. The maximum atomic E-state index is 9.44. The molecule has 0 amide bonds. The molecule has 5 heteroatoms. The second-order valence-electron chi connectivity index (χ2n) is 7.58. The first-order valence-electron chi connectivity index (χ1n) is 8.08. The van der Waals surface area contributed by atoms with Gasteiger partial charge in [-0.2, -0.15) is 4.89 Å². The lowest BCUT2D eigenvalue weighted by atomic mass is 9.62. The highest BCUT2D eigenvalue weighted by molar-refractivity contribution is 5.07. The molecule has 3 aliphatic heterocycles. The summed E-state index contributed by atoms with van der Waals surface area (Å²) in [5, 5.41) is 9.44. The quantitative estimate of drug-likeness (QED) is 0.812. The molecule has 3 saturated heterocycles. The molecule has 5 atom stereocenters. The number of rotatable bonds is 3. The van der Waals surface area contributed by atoms with Gasteiger partial charge in [-0.15, -0.1) is 0 Å². The summed E-state index contributed by atoms with van der Waals surface area (Å²) in [4.78, 5) is 11.8. The predicted octanol–water partition coefficient (Wildman–Crippen LogP) is 2.62. The minimum Gasteiger partial charge on any atom is -0.396 e. The van der Waals surface area contributed by atoms with Crippen LogP contribution in [0.5, 0.6) is 0 Å². The number of hydrogen-bond acceptors (Lipinski definition) is 5. The first-order chi connectivity index (χ1) is 9.89. The van der Waals surface area contributed by atoms with Gasteiger partial charge in [0.05, 0.1) is 0 Å². The number of methoxy groups -OCH3 is 1. The van der Waals surface area contributed by atoms with Crippen molar-refractivity contribution >= 4 is 0 Å². The Kier molecular flexibility index (Phi) is 3.86. The smallest absolute Gasteiger partial charge is 0.206 e. The fourth-order valence-electron chi connectivity index (χ4n) is 4.52. The van der Waals surface area contributed by atoms with Gasteiger partial charge in [0.2, 0.25) is 5.79 Å². The molecule has 4 fully saturated rings. The molecule has 0 aromatic rings. The van der Waals surface area contributed by atoms with Gasteiger partial charge in [0.15, 0.2) is 11.9 Å². The van der Waals surface area contributed by atoms with Crippen LogP contribution in [0.25, 0.3) is 0 Å². The Hall–Kier alpha value is -0.200. The monoisotopic (exact) mass is 300 g/mol. The van der Waals surface area contributed by atoms with Crippen molar-refractivity contribution in [1.82, 2.24) is 0 Å². The Labute approximate surface area is 126 Å². The lowest BCUT2D eigenvalue weighted by molar-refractivity contribution is -0.566. The summed E-state index contributed by atoms with van der Waals surface area (Å²) in [6, 6.07) is 0. The van der Waals surface area contributed by atoms with Crippen LogP contribution in [0.3, 0.4) is 0 Å². The molecular weight excluding hydrogens is 272 g/mol. The van der Waals surface area contributed by atoms with Crippen LogP contribution < -0.4 is 0 Å². The molecule has 3 heterocycles. The zero-order valence-electron chi connectivity index (χ0n) is 13.6. The standard InChI is InChI=1S/C16H28O5/c1-14(2)10-12-7-5-6-11(8-9-17)16(12)13(18-4)19-15(14,3)20-21-16/h11-13,17H,5-10H2,1-4H3/t11-,12+,13-,15+,16-/m0/s1. The largest absolute Gasteiger partial charge is 0.396 e. The highest BCUT2D eigenvalue weighted by atomic mass is 17.3. The maximum Gasteiger partial charge on any atom is 0.206 e. The highest BCUT2D eigenvalue weighted by Gasteiger charge is 2.68. The molecule has 0 radical (unpaired) electrons. The Morgan fingerprint density at radius 2 is 1.95 bits per heavy atom. The van der Waals surface area contributed by atoms with Crippen LogP contribution in [0.2, 0.25) is 0 Å². The normalized spacial score (nSPS) is 48.7. The second-order valence-corrected chi connectivity index (χ2v) is 7.58. The number of ether oxygens (including phenoxy) is 2. The van der Waals surface area contributed by atoms with Gasteiger partial charge in [0.1, 0.15) is 0 Å². The molecule has 1 aliphatic carbocycles. The zero-order chi connectivity index (χ0) is 15.3. The van der Waals surface area contributed by atoms with Gasteiger partial charge in [-0.3, -0.25) is 0 Å². The average molecular weight is 300 g/mol. The minimum atomic E-state index is -0.806. The van der Waals surface area contributed by atoms with Gasteiger partial charge in [-0.1, -0.05) is 20.3 Å². The van der Waals surface area contributed by atoms with Crippen LogP contribution >= 0.6 is 0 Å². The van der Waals surface area contributed by atoms with Crippen LogP contribution in [0, 0.1) is 17.3 Å². The Balaban J connectivity index is 2.05. The van der Waals surface area contributed by atoms with E-state index in [-0.39, 0.29) is 17.9 Å². The van der Waals surface area contributed by atoms with E-state index in [1.54, 1.807) is 7.11 Å². The van der Waals surface area contributed by atoms with Gasteiger partial charge in [0.25, 0.3) is 0 Å². The molecule has 5 nitrogen and oxygen atoms in total. The molecular formula is C16H28O5. The van der Waals surface area contributed by atoms with Crippen LogP contribution in [0.4, 0.5) is 0 Å². The lowest BCUT2D eigenvalue weighted by Gasteiger charge is -2.53. The number of fused-ring (bicyclic) bond motifs is 3. The Morgan fingerprint density at radius 3 is 2.62 bits per heavy atom. The second kappa shape index (κ2) is 5.17. The lowest BCUT2D eigenvalue weighted by Crippen LogP contribution is -2.64. The molecule has 0 unspecified atom stereocenters. The summed E-state index contributed by atoms with van der Waals surface area (Å²) in [7, 11) is 1.67.